The molecule has 5 heteroatoms. The lowest BCUT2D eigenvalue weighted by Gasteiger charge is -2.07. The van der Waals surface area contributed by atoms with E-state index in [1.807, 2.05) is 30.3 Å². The minimum Gasteiger partial charge on any atom is -0.464 e. The Hall–Kier alpha value is -1.88. The summed E-state index contributed by atoms with van der Waals surface area (Å²) < 4.78 is 15.2. The standard InChI is InChI=1S/C22H34O5/c1-2-3-4-5-6-7-8-12-16-26-21(23)18-25-19-22(24)27-17-15-20-13-10-9-11-14-20/h9-11,13-14H,2-8,12,15-19H2,1H3. The summed E-state index contributed by atoms with van der Waals surface area (Å²) in [5.41, 5.74) is 1.11. The molecule has 0 fully saturated rings. The van der Waals surface area contributed by atoms with Crippen LogP contribution < -0.4 is 0 Å². The number of unbranched alkanes of at least 4 members (excludes halogenated alkanes) is 7. The van der Waals surface area contributed by atoms with Crippen LogP contribution in [0.25, 0.3) is 0 Å². The van der Waals surface area contributed by atoms with E-state index in [-0.39, 0.29) is 13.2 Å². The Morgan fingerprint density at radius 3 is 1.93 bits per heavy atom. The molecule has 0 aliphatic heterocycles. The molecule has 0 aliphatic carbocycles. The highest BCUT2D eigenvalue weighted by atomic mass is 16.6. The number of carbonyl (C=O) groups excluding carboxylic acids is 2. The Labute approximate surface area is 163 Å². The van der Waals surface area contributed by atoms with Crippen molar-refractivity contribution < 1.29 is 23.8 Å². The van der Waals surface area contributed by atoms with E-state index in [0.717, 1.165) is 18.4 Å². The molecular weight excluding hydrogens is 344 g/mol. The second-order valence-electron chi connectivity index (χ2n) is 6.64. The monoisotopic (exact) mass is 378 g/mol. The third-order valence-electron chi connectivity index (χ3n) is 4.20. The summed E-state index contributed by atoms with van der Waals surface area (Å²) in [5.74, 6) is -0.906. The molecule has 152 valence electrons. The van der Waals surface area contributed by atoms with E-state index < -0.39 is 11.9 Å². The minimum atomic E-state index is -0.471. The molecule has 0 aliphatic rings. The molecular formula is C22H34O5. The lowest BCUT2D eigenvalue weighted by Crippen LogP contribution is -2.19. The minimum absolute atomic E-state index is 0.217. The van der Waals surface area contributed by atoms with Crippen molar-refractivity contribution in [2.45, 2.75) is 64.7 Å². The molecule has 0 amide bonds. The Morgan fingerprint density at radius 1 is 0.741 bits per heavy atom. The van der Waals surface area contributed by atoms with Gasteiger partial charge in [0.1, 0.15) is 13.2 Å². The second-order valence-corrected chi connectivity index (χ2v) is 6.64. The molecule has 0 saturated carbocycles. The Balaban J connectivity index is 1.89. The maximum atomic E-state index is 11.5. The van der Waals surface area contributed by atoms with E-state index >= 15 is 0 Å². The summed E-state index contributed by atoms with van der Waals surface area (Å²) >= 11 is 0. The third-order valence-corrected chi connectivity index (χ3v) is 4.20. The number of ether oxygens (including phenoxy) is 3. The van der Waals surface area contributed by atoms with Gasteiger partial charge in [0.25, 0.3) is 0 Å². The highest BCUT2D eigenvalue weighted by Crippen LogP contribution is 2.08. The van der Waals surface area contributed by atoms with Crippen molar-refractivity contribution in [3.63, 3.8) is 0 Å². The molecule has 0 saturated heterocycles. The van der Waals surface area contributed by atoms with E-state index in [9.17, 15) is 9.59 Å². The number of hydrogen-bond acceptors (Lipinski definition) is 5. The summed E-state index contributed by atoms with van der Waals surface area (Å²) in [4.78, 5) is 23.1. The molecule has 1 aromatic carbocycles. The molecule has 0 radical (unpaired) electrons. The second kappa shape index (κ2) is 16.3. The summed E-state index contributed by atoms with van der Waals surface area (Å²) in [6.07, 6.45) is 10.3. The third kappa shape index (κ3) is 13.9. The number of carbonyl (C=O) groups is 2. The van der Waals surface area contributed by atoms with Gasteiger partial charge >= 0.3 is 11.9 Å². The van der Waals surface area contributed by atoms with Crippen molar-refractivity contribution in [3.05, 3.63) is 35.9 Å². The largest absolute Gasteiger partial charge is 0.464 e. The van der Waals surface area contributed by atoms with Crippen LogP contribution in [0.1, 0.15) is 63.9 Å². The van der Waals surface area contributed by atoms with Gasteiger partial charge in [-0.15, -0.1) is 0 Å². The Bertz CT molecular complexity index is 501. The summed E-state index contributed by atoms with van der Waals surface area (Å²) in [6, 6.07) is 9.79. The average Bonchev–Trinajstić information content (AvgIpc) is 2.67. The van der Waals surface area contributed by atoms with Crippen LogP contribution in [0.15, 0.2) is 30.3 Å². The fraction of sp³-hybridized carbons (Fsp3) is 0.636. The van der Waals surface area contributed by atoms with Gasteiger partial charge in [0, 0.05) is 6.42 Å². The van der Waals surface area contributed by atoms with Gasteiger partial charge in [-0.25, -0.2) is 9.59 Å². The van der Waals surface area contributed by atoms with Gasteiger partial charge in [-0.2, -0.15) is 0 Å². The zero-order chi connectivity index (χ0) is 19.6. The highest BCUT2D eigenvalue weighted by molar-refractivity contribution is 5.73. The first-order chi connectivity index (χ1) is 13.2. The molecule has 0 spiro atoms. The van der Waals surface area contributed by atoms with Crippen LogP contribution in [-0.4, -0.2) is 38.4 Å². The molecule has 0 bridgehead atoms. The average molecular weight is 379 g/mol. The summed E-state index contributed by atoms with van der Waals surface area (Å²) in [6.45, 7) is 2.48. The van der Waals surface area contributed by atoms with Gasteiger partial charge in [-0.1, -0.05) is 82.2 Å². The van der Waals surface area contributed by atoms with E-state index in [1.165, 1.54) is 38.5 Å². The fourth-order valence-electron chi connectivity index (χ4n) is 2.65. The lowest BCUT2D eigenvalue weighted by atomic mass is 10.1. The number of rotatable bonds is 16. The van der Waals surface area contributed by atoms with Crippen molar-refractivity contribution in [2.75, 3.05) is 26.4 Å². The normalized spacial score (nSPS) is 10.6. The van der Waals surface area contributed by atoms with Gasteiger partial charge in [0.05, 0.1) is 13.2 Å². The first-order valence-electron chi connectivity index (χ1n) is 10.1. The molecule has 0 aromatic heterocycles. The van der Waals surface area contributed by atoms with Crippen LogP contribution in [0.2, 0.25) is 0 Å². The number of hydrogen-bond donors (Lipinski definition) is 0. The topological polar surface area (TPSA) is 61.8 Å². The van der Waals surface area contributed by atoms with Gasteiger partial charge in [-0.3, -0.25) is 0 Å². The molecule has 0 N–H and O–H groups in total. The van der Waals surface area contributed by atoms with E-state index in [0.29, 0.717) is 19.6 Å². The van der Waals surface area contributed by atoms with E-state index in [1.54, 1.807) is 0 Å². The Morgan fingerprint density at radius 2 is 1.30 bits per heavy atom. The highest BCUT2D eigenvalue weighted by Gasteiger charge is 2.07. The predicted octanol–water partition coefficient (Wildman–Crippen LogP) is 4.47. The van der Waals surface area contributed by atoms with Crippen molar-refractivity contribution in [2.24, 2.45) is 0 Å². The van der Waals surface area contributed by atoms with Gasteiger partial charge in [0.15, 0.2) is 0 Å². The zero-order valence-corrected chi connectivity index (χ0v) is 16.6. The van der Waals surface area contributed by atoms with E-state index in [2.05, 4.69) is 6.92 Å². The maximum absolute atomic E-state index is 11.5. The molecule has 0 heterocycles. The van der Waals surface area contributed by atoms with Crippen LogP contribution in [0.5, 0.6) is 0 Å². The number of benzene rings is 1. The van der Waals surface area contributed by atoms with Crippen LogP contribution in [-0.2, 0) is 30.2 Å². The first kappa shape index (κ1) is 23.2. The summed E-state index contributed by atoms with van der Waals surface area (Å²) in [7, 11) is 0. The predicted molar refractivity (Wildman–Crippen MR) is 105 cm³/mol. The van der Waals surface area contributed by atoms with Gasteiger partial charge < -0.3 is 14.2 Å². The van der Waals surface area contributed by atoms with Crippen LogP contribution in [0.3, 0.4) is 0 Å². The molecule has 0 atom stereocenters. The molecule has 27 heavy (non-hydrogen) atoms. The van der Waals surface area contributed by atoms with Gasteiger partial charge in [-0.05, 0) is 12.0 Å². The van der Waals surface area contributed by atoms with Crippen molar-refractivity contribution in [1.29, 1.82) is 0 Å². The van der Waals surface area contributed by atoms with Crippen LogP contribution in [0.4, 0.5) is 0 Å². The van der Waals surface area contributed by atoms with Gasteiger partial charge in [0.2, 0.25) is 0 Å². The maximum Gasteiger partial charge on any atom is 0.332 e. The van der Waals surface area contributed by atoms with Crippen LogP contribution in [0, 0.1) is 0 Å². The SMILES string of the molecule is CCCCCCCCCCOC(=O)COCC(=O)OCCc1ccccc1. The van der Waals surface area contributed by atoms with E-state index in [4.69, 9.17) is 14.2 Å². The molecule has 5 nitrogen and oxygen atoms in total. The molecule has 1 rings (SSSR count). The van der Waals surface area contributed by atoms with Crippen LogP contribution >= 0.6 is 0 Å². The number of esters is 2. The smallest absolute Gasteiger partial charge is 0.332 e. The molecule has 0 unspecified atom stereocenters. The molecule has 1 aromatic rings. The first-order valence-corrected chi connectivity index (χ1v) is 10.1. The lowest BCUT2D eigenvalue weighted by molar-refractivity contribution is -0.155. The van der Waals surface area contributed by atoms with Crippen molar-refractivity contribution in [3.8, 4) is 0 Å². The Kier molecular flexibility index (Phi) is 14.0. The van der Waals surface area contributed by atoms with Crippen molar-refractivity contribution in [1.82, 2.24) is 0 Å². The van der Waals surface area contributed by atoms with Crippen molar-refractivity contribution >= 4 is 11.9 Å². The quantitative estimate of drug-likeness (QED) is 0.314. The summed E-state index contributed by atoms with van der Waals surface area (Å²) in [5, 5.41) is 0. The fourth-order valence-corrected chi connectivity index (χ4v) is 2.65. The zero-order valence-electron chi connectivity index (χ0n) is 16.6.